The first kappa shape index (κ1) is 28.4. The fourth-order valence-electron chi connectivity index (χ4n) is 3.09. The van der Waals surface area contributed by atoms with Gasteiger partial charge in [0.25, 0.3) is 0 Å². The Morgan fingerprint density at radius 3 is 2.15 bits per heavy atom. The minimum Gasteiger partial charge on any atom is -0.370 e. The number of aliphatic imine (C=N–C) groups is 1. The van der Waals surface area contributed by atoms with Crippen LogP contribution in [0.15, 0.2) is 35.3 Å². The summed E-state index contributed by atoms with van der Waals surface area (Å²) in [5.41, 5.74) is 22.3. The Balaban J connectivity index is 2.63. The number of rotatable bonds is 16. The number of carbonyl (C=O) groups is 4. The predicted molar refractivity (Wildman–Crippen MR) is 129 cm³/mol. The van der Waals surface area contributed by atoms with Crippen molar-refractivity contribution in [1.82, 2.24) is 16.0 Å². The van der Waals surface area contributed by atoms with Gasteiger partial charge in [-0.2, -0.15) is 0 Å². The third kappa shape index (κ3) is 12.4. The standard InChI is InChI=1S/C22H36N8O4/c23-11-5-4-9-17(21(34)30-16(20(24)33)10-6-12-27-22(25)26)29-19(32)14-28-18(31)13-15-7-2-1-3-8-15/h1-3,7-8,16-17H,4-6,9-14,23H2,(H2,24,33)(H,28,31)(H,29,32)(H,30,34)(H4,25,26,27)/t16-,17-/m0/s1. The summed E-state index contributed by atoms with van der Waals surface area (Å²) in [6, 6.07) is 7.25. The molecule has 0 bridgehead atoms. The molecule has 0 heterocycles. The number of hydrogen-bond donors (Lipinski definition) is 7. The molecule has 0 saturated carbocycles. The van der Waals surface area contributed by atoms with Crippen LogP contribution in [0, 0.1) is 0 Å². The van der Waals surface area contributed by atoms with Gasteiger partial charge in [0.05, 0.1) is 13.0 Å². The van der Waals surface area contributed by atoms with Gasteiger partial charge >= 0.3 is 0 Å². The molecule has 1 aromatic carbocycles. The normalized spacial score (nSPS) is 12.1. The second-order valence-electron chi connectivity index (χ2n) is 7.76. The van der Waals surface area contributed by atoms with Gasteiger partial charge in [0.15, 0.2) is 5.96 Å². The van der Waals surface area contributed by atoms with Crippen LogP contribution in [0.4, 0.5) is 0 Å². The summed E-state index contributed by atoms with van der Waals surface area (Å²) in [4.78, 5) is 52.8. The first-order valence-corrected chi connectivity index (χ1v) is 11.2. The van der Waals surface area contributed by atoms with Crippen LogP contribution in [0.2, 0.25) is 0 Å². The lowest BCUT2D eigenvalue weighted by molar-refractivity contribution is -0.132. The highest BCUT2D eigenvalue weighted by molar-refractivity contribution is 5.92. The molecule has 0 radical (unpaired) electrons. The smallest absolute Gasteiger partial charge is 0.243 e. The van der Waals surface area contributed by atoms with Crippen LogP contribution in [-0.4, -0.2) is 61.3 Å². The minimum absolute atomic E-state index is 0.0711. The second-order valence-corrected chi connectivity index (χ2v) is 7.76. The van der Waals surface area contributed by atoms with E-state index in [1.165, 1.54) is 0 Å². The number of guanidine groups is 1. The van der Waals surface area contributed by atoms with E-state index in [1.54, 1.807) is 0 Å². The van der Waals surface area contributed by atoms with Gasteiger partial charge in [-0.05, 0) is 44.2 Å². The zero-order valence-electron chi connectivity index (χ0n) is 19.3. The fraction of sp³-hybridized carbons (Fsp3) is 0.500. The molecule has 11 N–H and O–H groups in total. The van der Waals surface area contributed by atoms with E-state index in [4.69, 9.17) is 22.9 Å². The molecule has 0 aliphatic carbocycles. The molecule has 1 aromatic rings. The maximum absolute atomic E-state index is 12.8. The van der Waals surface area contributed by atoms with E-state index in [2.05, 4.69) is 20.9 Å². The average Bonchev–Trinajstić information content (AvgIpc) is 2.79. The van der Waals surface area contributed by atoms with Crippen molar-refractivity contribution in [2.75, 3.05) is 19.6 Å². The van der Waals surface area contributed by atoms with Crippen LogP contribution in [0.1, 0.15) is 37.7 Å². The van der Waals surface area contributed by atoms with Crippen molar-refractivity contribution in [3.8, 4) is 0 Å². The van der Waals surface area contributed by atoms with E-state index >= 15 is 0 Å². The van der Waals surface area contributed by atoms with Crippen LogP contribution in [0.5, 0.6) is 0 Å². The minimum atomic E-state index is -0.943. The van der Waals surface area contributed by atoms with Crippen LogP contribution in [-0.2, 0) is 25.6 Å². The largest absolute Gasteiger partial charge is 0.370 e. The summed E-state index contributed by atoms with van der Waals surface area (Å²) in [5, 5.41) is 7.72. The number of nitrogens with two attached hydrogens (primary N) is 4. The first-order valence-electron chi connectivity index (χ1n) is 11.2. The highest BCUT2D eigenvalue weighted by Crippen LogP contribution is 2.04. The maximum atomic E-state index is 12.8. The van der Waals surface area contributed by atoms with Gasteiger partial charge in [0.1, 0.15) is 12.1 Å². The van der Waals surface area contributed by atoms with Gasteiger partial charge in [0.2, 0.25) is 23.6 Å². The van der Waals surface area contributed by atoms with Gasteiger partial charge in [-0.3, -0.25) is 24.2 Å². The molecule has 1 rings (SSSR count). The van der Waals surface area contributed by atoms with E-state index in [0.717, 1.165) is 5.56 Å². The van der Waals surface area contributed by atoms with Gasteiger partial charge in [-0.1, -0.05) is 30.3 Å². The van der Waals surface area contributed by atoms with Crippen molar-refractivity contribution in [2.24, 2.45) is 27.9 Å². The highest BCUT2D eigenvalue weighted by Gasteiger charge is 2.25. The summed E-state index contributed by atoms with van der Waals surface area (Å²) < 4.78 is 0. The number of carbonyl (C=O) groups excluding carboxylic acids is 4. The summed E-state index contributed by atoms with van der Waals surface area (Å²) in [6.45, 7) is 0.429. The summed E-state index contributed by atoms with van der Waals surface area (Å²) in [6.07, 6.45) is 2.34. The van der Waals surface area contributed by atoms with Crippen LogP contribution in [0.3, 0.4) is 0 Å². The third-order valence-corrected chi connectivity index (χ3v) is 4.86. The van der Waals surface area contributed by atoms with Crippen LogP contribution >= 0.6 is 0 Å². The number of hydrogen-bond acceptors (Lipinski definition) is 6. The van der Waals surface area contributed by atoms with Crippen molar-refractivity contribution in [1.29, 1.82) is 0 Å². The van der Waals surface area contributed by atoms with Crippen molar-refractivity contribution in [3.05, 3.63) is 35.9 Å². The second kappa shape index (κ2) is 16.0. The van der Waals surface area contributed by atoms with Crippen molar-refractivity contribution in [3.63, 3.8) is 0 Å². The number of primary amides is 1. The molecule has 0 aromatic heterocycles. The lowest BCUT2D eigenvalue weighted by Crippen LogP contribution is -2.54. The first-order chi connectivity index (χ1) is 16.2. The van der Waals surface area contributed by atoms with Gasteiger partial charge in [-0.25, -0.2) is 0 Å². The van der Waals surface area contributed by atoms with E-state index < -0.39 is 29.8 Å². The van der Waals surface area contributed by atoms with E-state index in [-0.39, 0.29) is 37.8 Å². The lowest BCUT2D eigenvalue weighted by atomic mass is 10.1. The van der Waals surface area contributed by atoms with Crippen molar-refractivity contribution < 1.29 is 19.2 Å². The number of benzene rings is 1. The number of amides is 4. The molecule has 0 saturated heterocycles. The van der Waals surface area contributed by atoms with Crippen LogP contribution < -0.4 is 38.9 Å². The zero-order chi connectivity index (χ0) is 25.3. The Labute approximate surface area is 199 Å². The van der Waals surface area contributed by atoms with Crippen molar-refractivity contribution >= 4 is 29.6 Å². The molecule has 0 aliphatic heterocycles. The Morgan fingerprint density at radius 2 is 1.53 bits per heavy atom. The summed E-state index contributed by atoms with van der Waals surface area (Å²) in [7, 11) is 0. The molecule has 34 heavy (non-hydrogen) atoms. The Kier molecular flexibility index (Phi) is 13.4. The Hall–Kier alpha value is -3.67. The molecule has 12 nitrogen and oxygen atoms in total. The molecule has 12 heteroatoms. The molecular formula is C22H36N8O4. The monoisotopic (exact) mass is 476 g/mol. The molecule has 0 aliphatic rings. The SMILES string of the molecule is NCCCC[C@H](NC(=O)CNC(=O)Cc1ccccc1)C(=O)N[C@@H](CCCN=C(N)N)C(N)=O. The van der Waals surface area contributed by atoms with Gasteiger partial charge in [0, 0.05) is 6.54 Å². The van der Waals surface area contributed by atoms with E-state index in [9.17, 15) is 19.2 Å². The predicted octanol–water partition coefficient (Wildman–Crippen LogP) is -2.02. The molecule has 2 atom stereocenters. The number of unbranched alkanes of at least 4 members (excludes halogenated alkanes) is 1. The zero-order valence-corrected chi connectivity index (χ0v) is 19.3. The quantitative estimate of drug-likeness (QED) is 0.0805. The van der Waals surface area contributed by atoms with E-state index in [1.807, 2.05) is 30.3 Å². The van der Waals surface area contributed by atoms with Crippen molar-refractivity contribution in [2.45, 2.75) is 50.6 Å². The summed E-state index contributed by atoms with van der Waals surface area (Å²) >= 11 is 0. The maximum Gasteiger partial charge on any atom is 0.243 e. The number of nitrogens with zero attached hydrogens (tertiary/aromatic N) is 1. The Morgan fingerprint density at radius 1 is 0.853 bits per heavy atom. The Bertz CT molecular complexity index is 827. The summed E-state index contributed by atoms with van der Waals surface area (Å²) in [5.74, 6) is -2.18. The average molecular weight is 477 g/mol. The van der Waals surface area contributed by atoms with Gasteiger partial charge in [-0.15, -0.1) is 0 Å². The molecule has 0 spiro atoms. The van der Waals surface area contributed by atoms with Gasteiger partial charge < -0.3 is 38.9 Å². The van der Waals surface area contributed by atoms with E-state index in [0.29, 0.717) is 32.2 Å². The molecule has 0 fully saturated rings. The molecular weight excluding hydrogens is 440 g/mol. The lowest BCUT2D eigenvalue weighted by Gasteiger charge is -2.22. The molecule has 4 amide bonds. The fourth-order valence-corrected chi connectivity index (χ4v) is 3.09. The number of nitrogens with one attached hydrogen (secondary N) is 3. The van der Waals surface area contributed by atoms with Crippen LogP contribution in [0.25, 0.3) is 0 Å². The topological polar surface area (TPSA) is 221 Å². The molecule has 0 unspecified atom stereocenters. The molecule has 188 valence electrons. The third-order valence-electron chi connectivity index (χ3n) is 4.86. The highest BCUT2D eigenvalue weighted by atomic mass is 16.2.